The van der Waals surface area contributed by atoms with Gasteiger partial charge in [-0.1, -0.05) is 47.7 Å². The number of fused-ring (bicyclic) bond motifs is 1. The Balaban J connectivity index is 1.40. The molecule has 0 unspecified atom stereocenters. The highest BCUT2D eigenvalue weighted by Crippen LogP contribution is 2.36. The number of carbonyl (C=O) groups excluding carboxylic acids is 1. The molecule has 0 radical (unpaired) electrons. The standard InChI is InChI=1S/C22H20N6OS/c29-21(24-13-15-7-2-1-3-8-15)17-10-6-12-28(17)22-27-20-19(30-22)18(25-14-26-20)16-9-4-5-11-23-16/h1-5,7-9,11,14,17H,6,10,12-13H2,(H,24,29)/t17-/m1/s1. The van der Waals surface area contributed by atoms with Gasteiger partial charge >= 0.3 is 0 Å². The lowest BCUT2D eigenvalue weighted by Gasteiger charge is -2.23. The van der Waals surface area contributed by atoms with Gasteiger partial charge in [-0.25, -0.2) is 9.97 Å². The van der Waals surface area contributed by atoms with Crippen molar-refractivity contribution in [3.8, 4) is 11.4 Å². The van der Waals surface area contributed by atoms with Crippen LogP contribution in [0.25, 0.3) is 21.7 Å². The van der Waals surface area contributed by atoms with Gasteiger partial charge in [0.1, 0.15) is 22.8 Å². The molecule has 4 aromatic rings. The topological polar surface area (TPSA) is 83.9 Å². The number of hydrogen-bond acceptors (Lipinski definition) is 7. The summed E-state index contributed by atoms with van der Waals surface area (Å²) in [6.45, 7) is 1.33. The molecule has 1 aliphatic heterocycles. The molecule has 1 aromatic carbocycles. The van der Waals surface area contributed by atoms with Gasteiger partial charge < -0.3 is 10.2 Å². The summed E-state index contributed by atoms with van der Waals surface area (Å²) < 4.78 is 0.890. The van der Waals surface area contributed by atoms with Crippen LogP contribution in [0.4, 0.5) is 5.13 Å². The van der Waals surface area contributed by atoms with Gasteiger partial charge in [-0.2, -0.15) is 4.98 Å². The van der Waals surface area contributed by atoms with Crippen LogP contribution < -0.4 is 10.2 Å². The first-order valence-corrected chi connectivity index (χ1v) is 10.7. The average Bonchev–Trinajstić information content (AvgIpc) is 3.45. The molecule has 1 saturated heterocycles. The molecule has 3 aromatic heterocycles. The molecule has 30 heavy (non-hydrogen) atoms. The molecule has 1 atom stereocenters. The minimum atomic E-state index is -0.222. The lowest BCUT2D eigenvalue weighted by atomic mass is 10.2. The number of amides is 1. The van der Waals surface area contributed by atoms with Crippen LogP contribution >= 0.6 is 11.3 Å². The zero-order chi connectivity index (χ0) is 20.3. The van der Waals surface area contributed by atoms with Crippen molar-refractivity contribution in [3.05, 3.63) is 66.6 Å². The zero-order valence-corrected chi connectivity index (χ0v) is 17.0. The fourth-order valence-electron chi connectivity index (χ4n) is 3.72. The van der Waals surface area contributed by atoms with Crippen LogP contribution in [0.15, 0.2) is 61.1 Å². The number of rotatable bonds is 5. The van der Waals surface area contributed by atoms with Crippen LogP contribution in [0.1, 0.15) is 18.4 Å². The van der Waals surface area contributed by atoms with E-state index >= 15 is 0 Å². The Kier molecular flexibility index (Phi) is 5.06. The number of pyridine rings is 1. The molecule has 0 saturated carbocycles. The van der Waals surface area contributed by atoms with Gasteiger partial charge in [-0.3, -0.25) is 9.78 Å². The lowest BCUT2D eigenvalue weighted by molar-refractivity contribution is -0.122. The van der Waals surface area contributed by atoms with E-state index in [9.17, 15) is 4.79 Å². The largest absolute Gasteiger partial charge is 0.350 e. The van der Waals surface area contributed by atoms with Crippen molar-refractivity contribution in [2.45, 2.75) is 25.4 Å². The molecule has 1 fully saturated rings. The Morgan fingerprint density at radius 2 is 1.97 bits per heavy atom. The number of hydrogen-bond donors (Lipinski definition) is 1. The molecule has 1 aliphatic rings. The number of anilines is 1. The fourth-order valence-corrected chi connectivity index (χ4v) is 4.82. The Labute approximate surface area is 177 Å². The van der Waals surface area contributed by atoms with Crippen molar-refractivity contribution in [1.82, 2.24) is 25.3 Å². The number of nitrogens with zero attached hydrogens (tertiary/aromatic N) is 5. The number of benzene rings is 1. The maximum absolute atomic E-state index is 12.9. The highest BCUT2D eigenvalue weighted by atomic mass is 32.1. The van der Waals surface area contributed by atoms with Gasteiger partial charge in [-0.05, 0) is 30.5 Å². The molecule has 0 spiro atoms. The molecule has 0 aliphatic carbocycles. The van der Waals surface area contributed by atoms with E-state index in [1.807, 2.05) is 48.5 Å². The van der Waals surface area contributed by atoms with Gasteiger partial charge in [0.05, 0.1) is 5.69 Å². The van der Waals surface area contributed by atoms with E-state index in [1.165, 1.54) is 17.7 Å². The summed E-state index contributed by atoms with van der Waals surface area (Å²) in [4.78, 5) is 32.9. The summed E-state index contributed by atoms with van der Waals surface area (Å²) >= 11 is 1.52. The van der Waals surface area contributed by atoms with Crippen LogP contribution in [0.3, 0.4) is 0 Å². The quantitative estimate of drug-likeness (QED) is 0.537. The van der Waals surface area contributed by atoms with E-state index in [4.69, 9.17) is 4.98 Å². The van der Waals surface area contributed by atoms with Crippen molar-refractivity contribution in [1.29, 1.82) is 0 Å². The second-order valence-electron chi connectivity index (χ2n) is 7.14. The minimum Gasteiger partial charge on any atom is -0.350 e. The summed E-state index contributed by atoms with van der Waals surface area (Å²) in [6.07, 6.45) is 5.04. The van der Waals surface area contributed by atoms with Crippen LogP contribution in [-0.2, 0) is 11.3 Å². The highest BCUT2D eigenvalue weighted by molar-refractivity contribution is 7.22. The number of nitrogens with one attached hydrogen (secondary N) is 1. The Morgan fingerprint density at radius 1 is 1.10 bits per heavy atom. The van der Waals surface area contributed by atoms with Gasteiger partial charge in [0, 0.05) is 19.3 Å². The van der Waals surface area contributed by atoms with Gasteiger partial charge in [0.15, 0.2) is 10.8 Å². The second kappa shape index (κ2) is 8.16. The third-order valence-electron chi connectivity index (χ3n) is 5.20. The van der Waals surface area contributed by atoms with Gasteiger partial charge in [0.25, 0.3) is 0 Å². The van der Waals surface area contributed by atoms with Crippen LogP contribution in [0, 0.1) is 0 Å². The van der Waals surface area contributed by atoms with Crippen molar-refractivity contribution in [2.24, 2.45) is 0 Å². The number of thiazole rings is 1. The monoisotopic (exact) mass is 416 g/mol. The third kappa shape index (κ3) is 3.61. The first-order chi connectivity index (χ1) is 14.8. The van der Waals surface area contributed by atoms with Crippen molar-refractivity contribution in [3.63, 3.8) is 0 Å². The molecule has 0 bridgehead atoms. The van der Waals surface area contributed by atoms with E-state index in [2.05, 4.69) is 25.2 Å². The summed E-state index contributed by atoms with van der Waals surface area (Å²) in [5.74, 6) is 0.0339. The normalized spacial score (nSPS) is 16.1. The molecule has 1 amide bonds. The molecule has 150 valence electrons. The second-order valence-corrected chi connectivity index (χ2v) is 8.12. The highest BCUT2D eigenvalue weighted by Gasteiger charge is 2.33. The van der Waals surface area contributed by atoms with E-state index in [0.29, 0.717) is 12.2 Å². The smallest absolute Gasteiger partial charge is 0.243 e. The summed E-state index contributed by atoms with van der Waals surface area (Å²) in [5, 5.41) is 3.88. The van der Waals surface area contributed by atoms with Crippen LogP contribution in [-0.4, -0.2) is 38.4 Å². The first-order valence-electron chi connectivity index (χ1n) is 9.91. The third-order valence-corrected chi connectivity index (χ3v) is 6.29. The maximum atomic E-state index is 12.9. The predicted octanol–water partition coefficient (Wildman–Crippen LogP) is 3.43. The van der Waals surface area contributed by atoms with Crippen LogP contribution in [0.2, 0.25) is 0 Å². The zero-order valence-electron chi connectivity index (χ0n) is 16.2. The molecular weight excluding hydrogens is 396 g/mol. The van der Waals surface area contributed by atoms with Crippen molar-refractivity contribution in [2.75, 3.05) is 11.4 Å². The summed E-state index contributed by atoms with van der Waals surface area (Å²) in [5.41, 5.74) is 3.29. The SMILES string of the molecule is O=C(NCc1ccccc1)[C@H]1CCCN1c1nc2ncnc(-c3ccccn3)c2s1. The van der Waals surface area contributed by atoms with Crippen molar-refractivity contribution >= 4 is 32.7 Å². The van der Waals surface area contributed by atoms with E-state index in [0.717, 1.165) is 46.2 Å². The number of carbonyl (C=O) groups is 1. The van der Waals surface area contributed by atoms with Gasteiger partial charge in [0.2, 0.25) is 5.91 Å². The molecular formula is C22H20N6OS. The summed E-state index contributed by atoms with van der Waals surface area (Å²) in [6, 6.07) is 15.5. The first kappa shape index (κ1) is 18.6. The molecule has 5 rings (SSSR count). The van der Waals surface area contributed by atoms with E-state index in [1.54, 1.807) is 6.20 Å². The Morgan fingerprint density at radius 3 is 2.80 bits per heavy atom. The minimum absolute atomic E-state index is 0.0339. The molecule has 8 heteroatoms. The number of aromatic nitrogens is 4. The lowest BCUT2D eigenvalue weighted by Crippen LogP contribution is -2.43. The average molecular weight is 417 g/mol. The Bertz CT molecular complexity index is 1160. The maximum Gasteiger partial charge on any atom is 0.243 e. The molecule has 1 N–H and O–H groups in total. The summed E-state index contributed by atoms with van der Waals surface area (Å²) in [7, 11) is 0. The van der Waals surface area contributed by atoms with Crippen LogP contribution in [0.5, 0.6) is 0 Å². The predicted molar refractivity (Wildman–Crippen MR) is 117 cm³/mol. The Hall–Kier alpha value is -3.39. The fraction of sp³-hybridized carbons (Fsp3) is 0.227. The van der Waals surface area contributed by atoms with Crippen molar-refractivity contribution < 1.29 is 4.79 Å². The van der Waals surface area contributed by atoms with Gasteiger partial charge in [-0.15, -0.1) is 0 Å². The van der Waals surface area contributed by atoms with E-state index < -0.39 is 0 Å². The molecule has 4 heterocycles. The van der Waals surface area contributed by atoms with E-state index in [-0.39, 0.29) is 11.9 Å². The molecule has 7 nitrogen and oxygen atoms in total.